The van der Waals surface area contributed by atoms with Gasteiger partial charge in [-0.05, 0) is 43.7 Å². The molecule has 8 heteroatoms. The van der Waals surface area contributed by atoms with Gasteiger partial charge < -0.3 is 24.0 Å². The Balaban J connectivity index is 1.51. The molecule has 2 aliphatic rings. The largest absolute Gasteiger partial charge is 0.381 e. The van der Waals surface area contributed by atoms with E-state index >= 15 is 0 Å². The van der Waals surface area contributed by atoms with Crippen LogP contribution < -0.4 is 4.90 Å². The number of rotatable bonds is 5. The molecule has 190 valence electrons. The summed E-state index contributed by atoms with van der Waals surface area (Å²) in [6.45, 7) is 7.90. The summed E-state index contributed by atoms with van der Waals surface area (Å²) in [5.74, 6) is 0.217. The molecule has 0 N–H and O–H groups in total. The molecule has 2 aromatic rings. The molecule has 1 fully saturated rings. The molecule has 1 aromatic heterocycles. The van der Waals surface area contributed by atoms with Crippen LogP contribution in [0.15, 0.2) is 43.0 Å². The molecule has 0 atom stereocenters. The van der Waals surface area contributed by atoms with Gasteiger partial charge in [0.1, 0.15) is 0 Å². The van der Waals surface area contributed by atoms with Crippen molar-refractivity contribution in [3.05, 3.63) is 48.5 Å². The van der Waals surface area contributed by atoms with Crippen LogP contribution >= 0.6 is 0 Å². The smallest absolute Gasteiger partial charge is 0.223 e. The number of nitrogens with zero attached hydrogens (tertiary/aromatic N) is 5. The maximum absolute atomic E-state index is 13.3. The molecule has 8 nitrogen and oxygen atoms in total. The van der Waals surface area contributed by atoms with Gasteiger partial charge in [0.15, 0.2) is 0 Å². The quantitative estimate of drug-likeness (QED) is 0.655. The van der Waals surface area contributed by atoms with E-state index in [1.807, 2.05) is 38.8 Å². The molecule has 0 saturated carbocycles. The zero-order chi connectivity index (χ0) is 24.5. The lowest BCUT2D eigenvalue weighted by atomic mass is 10.1. The summed E-state index contributed by atoms with van der Waals surface area (Å²) in [7, 11) is 0. The highest BCUT2D eigenvalue weighted by Gasteiger charge is 2.24. The number of carbonyl (C=O) groups excluding carboxylic acids is 2. The molecule has 0 spiro atoms. The van der Waals surface area contributed by atoms with E-state index in [2.05, 4.69) is 16.0 Å². The Hall–Kier alpha value is -2.71. The van der Waals surface area contributed by atoms with Crippen molar-refractivity contribution in [3.63, 3.8) is 0 Å². The minimum Gasteiger partial charge on any atom is -0.381 e. The number of imidazole rings is 1. The van der Waals surface area contributed by atoms with Crippen LogP contribution in [0, 0.1) is 0 Å². The van der Waals surface area contributed by atoms with E-state index in [1.165, 1.54) is 0 Å². The number of anilines is 1. The molecule has 2 amide bonds. The third-order valence-electron chi connectivity index (χ3n) is 7.15. The van der Waals surface area contributed by atoms with Gasteiger partial charge in [-0.1, -0.05) is 18.2 Å². The van der Waals surface area contributed by atoms with E-state index in [0.717, 1.165) is 82.7 Å². The van der Waals surface area contributed by atoms with Gasteiger partial charge in [-0.2, -0.15) is 0 Å². The topological polar surface area (TPSA) is 70.9 Å². The summed E-state index contributed by atoms with van der Waals surface area (Å²) in [4.78, 5) is 36.5. The van der Waals surface area contributed by atoms with Gasteiger partial charge in [-0.15, -0.1) is 0 Å². The van der Waals surface area contributed by atoms with Gasteiger partial charge >= 0.3 is 0 Å². The first-order valence-electron chi connectivity index (χ1n) is 13.0. The van der Waals surface area contributed by atoms with Crippen LogP contribution in [0.5, 0.6) is 0 Å². The number of amides is 2. The summed E-state index contributed by atoms with van der Waals surface area (Å²) >= 11 is 0. The average Bonchev–Trinajstić information content (AvgIpc) is 3.38. The van der Waals surface area contributed by atoms with Crippen LogP contribution in [-0.4, -0.2) is 76.6 Å². The molecule has 2 aliphatic heterocycles. The fourth-order valence-electron chi connectivity index (χ4n) is 5.27. The second-order valence-electron chi connectivity index (χ2n) is 9.61. The van der Waals surface area contributed by atoms with E-state index in [9.17, 15) is 9.59 Å². The zero-order valence-electron chi connectivity index (χ0n) is 21.0. The van der Waals surface area contributed by atoms with E-state index in [0.29, 0.717) is 25.6 Å². The van der Waals surface area contributed by atoms with Gasteiger partial charge in [-0.25, -0.2) is 4.98 Å². The number of carbonyl (C=O) groups is 2. The molecule has 0 unspecified atom stereocenters. The van der Waals surface area contributed by atoms with E-state index < -0.39 is 0 Å². The second kappa shape index (κ2) is 12.8. The summed E-state index contributed by atoms with van der Waals surface area (Å²) < 4.78 is 7.60. The number of para-hydroxylation sites is 1. The van der Waals surface area contributed by atoms with Crippen LogP contribution in [0.4, 0.5) is 5.69 Å². The maximum atomic E-state index is 13.3. The minimum absolute atomic E-state index is 0.0466. The van der Waals surface area contributed by atoms with Crippen LogP contribution in [0.25, 0.3) is 0 Å². The highest BCUT2D eigenvalue weighted by Crippen LogP contribution is 2.25. The van der Waals surface area contributed by atoms with E-state index in [4.69, 9.17) is 4.74 Å². The maximum Gasteiger partial charge on any atom is 0.223 e. The third-order valence-corrected chi connectivity index (χ3v) is 7.15. The first-order chi connectivity index (χ1) is 17.1. The van der Waals surface area contributed by atoms with Crippen molar-refractivity contribution in [2.75, 3.05) is 44.3 Å². The number of benzene rings is 1. The van der Waals surface area contributed by atoms with Crippen LogP contribution in [0.1, 0.15) is 51.0 Å². The molecule has 0 radical (unpaired) electrons. The standard InChI is InChI=1S/C27H39N5O3/c1-23(33)32-17-6-15-30(25-10-19-35-20-11-25)14-5-16-31(21-24-7-2-3-8-26(24)32)27(34)9-4-13-29-18-12-28-22-29/h2-3,7-8,12,18,22,25H,4-6,9-11,13-17,19-21H2,1H3. The molecular weight excluding hydrogens is 442 g/mol. The Bertz CT molecular complexity index is 942. The Labute approximate surface area is 208 Å². The van der Waals surface area contributed by atoms with E-state index in [-0.39, 0.29) is 11.8 Å². The van der Waals surface area contributed by atoms with Crippen molar-refractivity contribution in [1.82, 2.24) is 19.4 Å². The molecule has 3 heterocycles. The number of ether oxygens (including phenoxy) is 1. The van der Waals surface area contributed by atoms with Crippen LogP contribution in [0.2, 0.25) is 0 Å². The van der Waals surface area contributed by atoms with Crippen molar-refractivity contribution in [3.8, 4) is 0 Å². The Morgan fingerprint density at radius 1 is 1.06 bits per heavy atom. The van der Waals surface area contributed by atoms with Crippen LogP contribution in [0.3, 0.4) is 0 Å². The van der Waals surface area contributed by atoms with Crippen molar-refractivity contribution < 1.29 is 14.3 Å². The normalized spacial score (nSPS) is 19.0. The fraction of sp³-hybridized carbons (Fsp3) is 0.593. The minimum atomic E-state index is 0.0466. The first kappa shape index (κ1) is 25.4. The summed E-state index contributed by atoms with van der Waals surface area (Å²) in [5.41, 5.74) is 1.96. The third kappa shape index (κ3) is 7.15. The molecule has 1 saturated heterocycles. The monoisotopic (exact) mass is 481 g/mol. The van der Waals surface area contributed by atoms with Crippen molar-refractivity contribution in [2.24, 2.45) is 0 Å². The lowest BCUT2D eigenvalue weighted by Crippen LogP contribution is -2.43. The van der Waals surface area contributed by atoms with Crippen molar-refractivity contribution in [1.29, 1.82) is 0 Å². The predicted molar refractivity (Wildman–Crippen MR) is 136 cm³/mol. The van der Waals surface area contributed by atoms with Gasteiger partial charge in [0.2, 0.25) is 11.8 Å². The van der Waals surface area contributed by atoms with E-state index in [1.54, 1.807) is 19.4 Å². The Morgan fingerprint density at radius 3 is 2.57 bits per heavy atom. The molecule has 35 heavy (non-hydrogen) atoms. The highest BCUT2D eigenvalue weighted by atomic mass is 16.5. The zero-order valence-corrected chi connectivity index (χ0v) is 21.0. The Kier molecular flexibility index (Phi) is 9.31. The average molecular weight is 482 g/mol. The molecule has 0 aliphatic carbocycles. The lowest BCUT2D eigenvalue weighted by molar-refractivity contribution is -0.132. The van der Waals surface area contributed by atoms with Crippen molar-refractivity contribution in [2.45, 2.75) is 64.6 Å². The predicted octanol–water partition coefficient (Wildman–Crippen LogP) is 3.32. The van der Waals surface area contributed by atoms with Gasteiger partial charge in [0.05, 0.1) is 6.33 Å². The molecule has 1 aromatic carbocycles. The summed E-state index contributed by atoms with van der Waals surface area (Å²) in [5, 5.41) is 0. The highest BCUT2D eigenvalue weighted by molar-refractivity contribution is 5.92. The second-order valence-corrected chi connectivity index (χ2v) is 9.61. The number of fused-ring (bicyclic) bond motifs is 1. The van der Waals surface area contributed by atoms with Gasteiger partial charge in [-0.3, -0.25) is 9.59 Å². The summed E-state index contributed by atoms with van der Waals surface area (Å²) in [6, 6.07) is 8.56. The number of hydrogen-bond acceptors (Lipinski definition) is 5. The molecule has 4 rings (SSSR count). The lowest BCUT2D eigenvalue weighted by Gasteiger charge is -2.36. The van der Waals surface area contributed by atoms with Gasteiger partial charge in [0.25, 0.3) is 0 Å². The first-order valence-corrected chi connectivity index (χ1v) is 13.0. The Morgan fingerprint density at radius 2 is 1.83 bits per heavy atom. The fourth-order valence-corrected chi connectivity index (χ4v) is 5.27. The molecular formula is C27H39N5O3. The SMILES string of the molecule is CC(=O)N1CCCN(C2CCOCC2)CCCN(C(=O)CCCn2ccnc2)Cc2ccccc21. The summed E-state index contributed by atoms with van der Waals surface area (Å²) in [6.07, 6.45) is 10.7. The van der Waals surface area contributed by atoms with Crippen molar-refractivity contribution >= 4 is 17.5 Å². The number of aryl methyl sites for hydroxylation is 1. The van der Waals surface area contributed by atoms with Gasteiger partial charge in [0, 0.05) is 89.9 Å². The number of aromatic nitrogens is 2. The number of hydrogen-bond donors (Lipinski definition) is 0. The van der Waals surface area contributed by atoms with Crippen LogP contribution in [-0.2, 0) is 27.4 Å². The molecule has 0 bridgehead atoms.